The van der Waals surface area contributed by atoms with Crippen molar-refractivity contribution in [3.63, 3.8) is 0 Å². The summed E-state index contributed by atoms with van der Waals surface area (Å²) in [7, 11) is 0. The lowest BCUT2D eigenvalue weighted by Crippen LogP contribution is -2.14. The Bertz CT molecular complexity index is 3530. The van der Waals surface area contributed by atoms with Gasteiger partial charge in [0.05, 0.1) is 16.7 Å². The molecule has 2 heterocycles. The van der Waals surface area contributed by atoms with Crippen molar-refractivity contribution in [3.05, 3.63) is 230 Å². The summed E-state index contributed by atoms with van der Waals surface area (Å²) in [6, 6.07) is 78.0. The van der Waals surface area contributed by atoms with Crippen molar-refractivity contribution < 1.29 is 0 Å². The largest absolute Gasteiger partial charge is 0.309 e. The van der Waals surface area contributed by atoms with E-state index in [2.05, 4.69) is 213 Å². The highest BCUT2D eigenvalue weighted by Crippen LogP contribution is 2.52. The van der Waals surface area contributed by atoms with Gasteiger partial charge in [-0.25, -0.2) is 15.0 Å². The fourth-order valence-electron chi connectivity index (χ4n) is 9.80. The van der Waals surface area contributed by atoms with E-state index in [1.54, 1.807) is 0 Å². The van der Waals surface area contributed by atoms with E-state index in [0.29, 0.717) is 17.5 Å². The van der Waals surface area contributed by atoms with Gasteiger partial charge in [-0.3, -0.25) is 0 Å². The van der Waals surface area contributed by atoms with Gasteiger partial charge >= 0.3 is 0 Å². The summed E-state index contributed by atoms with van der Waals surface area (Å²) in [4.78, 5) is 15.5. The van der Waals surface area contributed by atoms with Gasteiger partial charge in [0, 0.05) is 38.4 Å². The fraction of sp³-hybridized carbons (Fsp3) is 0.0500. The maximum Gasteiger partial charge on any atom is 0.164 e. The monoisotopic (exact) mass is 818 g/mol. The van der Waals surface area contributed by atoms with E-state index < -0.39 is 0 Å². The molecule has 0 fully saturated rings. The second-order valence-electron chi connectivity index (χ2n) is 17.2. The Labute approximate surface area is 372 Å². The van der Waals surface area contributed by atoms with E-state index in [0.717, 1.165) is 39.0 Å². The van der Waals surface area contributed by atoms with Crippen molar-refractivity contribution >= 4 is 21.8 Å². The van der Waals surface area contributed by atoms with Gasteiger partial charge in [0.25, 0.3) is 0 Å². The number of aromatic nitrogens is 4. The molecule has 0 saturated carbocycles. The van der Waals surface area contributed by atoms with Gasteiger partial charge in [-0.15, -0.1) is 0 Å². The standard InChI is InChI=1S/C60H42N4/c1-60(2)51-22-13-12-21-49(51)56-52(60)23-14-24-54(56)64-53-36-34-46(43-27-25-41(26-28-43)39-15-6-3-7-16-39)37-50(53)48-35-33-47(38-55(48)64)59-62-57(44-19-10-5-11-20-44)61-58(63-59)45-31-29-42(30-32-45)40-17-8-4-9-18-40/h3-38H,1-2H3. The van der Waals surface area contributed by atoms with Crippen molar-refractivity contribution in [2.24, 2.45) is 0 Å². The van der Waals surface area contributed by atoms with Crippen LogP contribution >= 0.6 is 0 Å². The number of hydrogen-bond acceptors (Lipinski definition) is 3. The summed E-state index contributed by atoms with van der Waals surface area (Å²) >= 11 is 0. The van der Waals surface area contributed by atoms with Crippen LogP contribution in [-0.2, 0) is 5.41 Å². The lowest BCUT2D eigenvalue weighted by atomic mass is 9.82. The number of rotatable bonds is 7. The van der Waals surface area contributed by atoms with Crippen LogP contribution in [0.4, 0.5) is 0 Å². The second kappa shape index (κ2) is 15.0. The lowest BCUT2D eigenvalue weighted by molar-refractivity contribution is 0.660. The molecule has 0 bridgehead atoms. The highest BCUT2D eigenvalue weighted by Gasteiger charge is 2.37. The van der Waals surface area contributed by atoms with Crippen LogP contribution in [0, 0.1) is 0 Å². The Hall–Kier alpha value is -8.21. The van der Waals surface area contributed by atoms with Crippen molar-refractivity contribution in [3.8, 4) is 84.4 Å². The maximum absolute atomic E-state index is 5.22. The van der Waals surface area contributed by atoms with E-state index in [-0.39, 0.29) is 5.41 Å². The first-order valence-corrected chi connectivity index (χ1v) is 21.9. The highest BCUT2D eigenvalue weighted by molar-refractivity contribution is 6.12. The molecule has 0 amide bonds. The first kappa shape index (κ1) is 37.5. The molecule has 4 heteroatoms. The maximum atomic E-state index is 5.22. The first-order valence-electron chi connectivity index (χ1n) is 21.9. The van der Waals surface area contributed by atoms with Crippen LogP contribution in [0.5, 0.6) is 0 Å². The van der Waals surface area contributed by atoms with Crippen LogP contribution in [0.3, 0.4) is 0 Å². The Morgan fingerprint density at radius 3 is 1.41 bits per heavy atom. The molecule has 1 aliphatic carbocycles. The summed E-state index contributed by atoms with van der Waals surface area (Å²) in [6.45, 7) is 4.69. The van der Waals surface area contributed by atoms with Crippen LogP contribution in [0.25, 0.3) is 106 Å². The molecule has 302 valence electrons. The molecule has 11 aromatic rings. The molecular weight excluding hydrogens is 777 g/mol. The molecule has 2 aromatic heterocycles. The van der Waals surface area contributed by atoms with E-state index in [1.165, 1.54) is 60.8 Å². The van der Waals surface area contributed by atoms with Gasteiger partial charge in [0.1, 0.15) is 0 Å². The normalized spacial score (nSPS) is 12.7. The van der Waals surface area contributed by atoms with E-state index in [4.69, 9.17) is 15.0 Å². The first-order chi connectivity index (χ1) is 31.5. The molecule has 0 radical (unpaired) electrons. The Morgan fingerprint density at radius 1 is 0.328 bits per heavy atom. The van der Waals surface area contributed by atoms with Gasteiger partial charge in [0.2, 0.25) is 0 Å². The van der Waals surface area contributed by atoms with Crippen LogP contribution < -0.4 is 0 Å². The minimum atomic E-state index is -0.140. The third-order valence-electron chi connectivity index (χ3n) is 13.1. The molecular formula is C60H42N4. The number of benzene rings is 9. The van der Waals surface area contributed by atoms with Crippen LogP contribution in [0.2, 0.25) is 0 Å². The minimum Gasteiger partial charge on any atom is -0.309 e. The molecule has 0 spiro atoms. The van der Waals surface area contributed by atoms with Gasteiger partial charge in [-0.1, -0.05) is 208 Å². The molecule has 12 rings (SSSR count). The quantitative estimate of drug-likeness (QED) is 0.161. The van der Waals surface area contributed by atoms with E-state index in [1.807, 2.05) is 24.3 Å². The molecule has 1 aliphatic rings. The highest BCUT2D eigenvalue weighted by atomic mass is 15.0. The molecule has 0 atom stereocenters. The number of hydrogen-bond donors (Lipinski definition) is 0. The van der Waals surface area contributed by atoms with Crippen LogP contribution in [0.1, 0.15) is 25.0 Å². The van der Waals surface area contributed by atoms with Crippen molar-refractivity contribution in [2.75, 3.05) is 0 Å². The van der Waals surface area contributed by atoms with E-state index in [9.17, 15) is 0 Å². The number of fused-ring (bicyclic) bond motifs is 6. The molecule has 0 unspecified atom stereocenters. The summed E-state index contributed by atoms with van der Waals surface area (Å²) < 4.78 is 2.47. The van der Waals surface area contributed by atoms with Gasteiger partial charge in [-0.2, -0.15) is 0 Å². The van der Waals surface area contributed by atoms with Gasteiger partial charge in [0.15, 0.2) is 17.5 Å². The molecule has 0 aliphatic heterocycles. The van der Waals surface area contributed by atoms with Crippen molar-refractivity contribution in [2.45, 2.75) is 19.3 Å². The Kier molecular flexibility index (Phi) is 8.80. The average Bonchev–Trinajstić information content (AvgIpc) is 3.82. The molecule has 9 aromatic carbocycles. The zero-order valence-corrected chi connectivity index (χ0v) is 35.6. The summed E-state index contributed by atoms with van der Waals surface area (Å²) in [6.07, 6.45) is 0. The van der Waals surface area contributed by atoms with Gasteiger partial charge < -0.3 is 4.57 Å². The lowest BCUT2D eigenvalue weighted by Gasteiger charge is -2.22. The Balaban J connectivity index is 1.06. The van der Waals surface area contributed by atoms with Crippen LogP contribution in [0.15, 0.2) is 218 Å². The molecule has 64 heavy (non-hydrogen) atoms. The third-order valence-corrected chi connectivity index (χ3v) is 13.1. The SMILES string of the molecule is CC1(C)c2ccccc2-c2c(-n3c4ccc(-c5ccc(-c6ccccc6)cc5)cc4c4ccc(-c5nc(-c6ccccc6)nc(-c6ccc(-c7ccccc7)cc6)n5)cc43)cccc21. The number of nitrogens with zero attached hydrogens (tertiary/aromatic N) is 4. The average molecular weight is 819 g/mol. The fourth-order valence-corrected chi connectivity index (χ4v) is 9.80. The van der Waals surface area contributed by atoms with Crippen molar-refractivity contribution in [1.29, 1.82) is 0 Å². The summed E-state index contributed by atoms with van der Waals surface area (Å²) in [5.74, 6) is 1.89. The minimum absolute atomic E-state index is 0.140. The molecule has 0 saturated heterocycles. The third kappa shape index (κ3) is 6.26. The molecule has 4 nitrogen and oxygen atoms in total. The van der Waals surface area contributed by atoms with Gasteiger partial charge in [-0.05, 0) is 74.3 Å². The summed E-state index contributed by atoms with van der Waals surface area (Å²) in [5, 5.41) is 2.35. The van der Waals surface area contributed by atoms with Crippen LogP contribution in [-0.4, -0.2) is 19.5 Å². The van der Waals surface area contributed by atoms with E-state index >= 15 is 0 Å². The summed E-state index contributed by atoms with van der Waals surface area (Å²) in [5.41, 5.74) is 18.4. The predicted molar refractivity (Wildman–Crippen MR) is 264 cm³/mol. The second-order valence-corrected chi connectivity index (χ2v) is 17.2. The topological polar surface area (TPSA) is 43.6 Å². The smallest absolute Gasteiger partial charge is 0.164 e. The predicted octanol–water partition coefficient (Wildman–Crippen LogP) is 15.3. The zero-order chi connectivity index (χ0) is 42.8. The Morgan fingerprint density at radius 2 is 0.781 bits per heavy atom. The molecule has 0 N–H and O–H groups in total. The van der Waals surface area contributed by atoms with Crippen molar-refractivity contribution in [1.82, 2.24) is 19.5 Å². The zero-order valence-electron chi connectivity index (χ0n) is 35.6.